The third-order valence-electron chi connectivity index (χ3n) is 3.49. The number of hydrogen-bond acceptors (Lipinski definition) is 4. The highest BCUT2D eigenvalue weighted by Crippen LogP contribution is 2.29. The van der Waals surface area contributed by atoms with E-state index in [4.69, 9.17) is 22.1 Å². The Labute approximate surface area is 131 Å². The SMILES string of the molecule is COc1ccc(C(N)c2nnc(Cl)c3cc(F)ccc23)cc1. The van der Waals surface area contributed by atoms with Gasteiger partial charge >= 0.3 is 0 Å². The monoisotopic (exact) mass is 317 g/mol. The van der Waals surface area contributed by atoms with Crippen LogP contribution in [0.25, 0.3) is 10.8 Å². The Hall–Kier alpha value is -2.24. The first-order chi connectivity index (χ1) is 10.6. The van der Waals surface area contributed by atoms with Crippen LogP contribution in [-0.2, 0) is 0 Å². The third kappa shape index (κ3) is 2.61. The number of ether oxygens (including phenoxy) is 1. The average Bonchev–Trinajstić information content (AvgIpc) is 2.55. The lowest BCUT2D eigenvalue weighted by molar-refractivity contribution is 0.414. The maximum Gasteiger partial charge on any atom is 0.159 e. The molecule has 1 atom stereocenters. The summed E-state index contributed by atoms with van der Waals surface area (Å²) in [6.45, 7) is 0. The van der Waals surface area contributed by atoms with E-state index in [1.54, 1.807) is 13.2 Å². The average molecular weight is 318 g/mol. The fourth-order valence-electron chi connectivity index (χ4n) is 2.31. The third-order valence-corrected chi connectivity index (χ3v) is 3.77. The topological polar surface area (TPSA) is 61.0 Å². The first-order valence-corrected chi connectivity index (χ1v) is 6.99. The highest BCUT2D eigenvalue weighted by atomic mass is 35.5. The van der Waals surface area contributed by atoms with Crippen LogP contribution in [0.1, 0.15) is 17.3 Å². The molecule has 0 saturated heterocycles. The van der Waals surface area contributed by atoms with Gasteiger partial charge in [-0.05, 0) is 35.9 Å². The van der Waals surface area contributed by atoms with Crippen LogP contribution in [0.2, 0.25) is 5.15 Å². The van der Waals surface area contributed by atoms with Crippen LogP contribution >= 0.6 is 11.6 Å². The summed E-state index contributed by atoms with van der Waals surface area (Å²) in [5.74, 6) is 0.358. The number of benzene rings is 2. The number of aromatic nitrogens is 2. The molecule has 1 aromatic heterocycles. The summed E-state index contributed by atoms with van der Waals surface area (Å²) in [5.41, 5.74) is 7.68. The molecule has 0 aliphatic heterocycles. The van der Waals surface area contributed by atoms with E-state index in [1.165, 1.54) is 12.1 Å². The molecule has 3 rings (SSSR count). The maximum atomic E-state index is 13.4. The molecular weight excluding hydrogens is 305 g/mol. The number of nitrogens with two attached hydrogens (primary N) is 1. The fraction of sp³-hybridized carbons (Fsp3) is 0.125. The van der Waals surface area contributed by atoms with Crippen molar-refractivity contribution in [1.82, 2.24) is 10.2 Å². The van der Waals surface area contributed by atoms with Gasteiger partial charge in [0.05, 0.1) is 18.8 Å². The molecule has 6 heteroatoms. The Kier molecular flexibility index (Phi) is 3.92. The number of methoxy groups -OCH3 is 1. The van der Waals surface area contributed by atoms with Gasteiger partial charge in [-0.15, -0.1) is 5.10 Å². The van der Waals surface area contributed by atoms with E-state index in [0.29, 0.717) is 16.5 Å². The van der Waals surface area contributed by atoms with Gasteiger partial charge in [-0.2, -0.15) is 5.10 Å². The lowest BCUT2D eigenvalue weighted by atomic mass is 10.00. The van der Waals surface area contributed by atoms with Crippen LogP contribution in [-0.4, -0.2) is 17.3 Å². The van der Waals surface area contributed by atoms with Crippen molar-refractivity contribution in [3.05, 3.63) is 64.7 Å². The molecule has 0 saturated carbocycles. The number of rotatable bonds is 3. The van der Waals surface area contributed by atoms with Crippen molar-refractivity contribution in [1.29, 1.82) is 0 Å². The summed E-state index contributed by atoms with van der Waals surface area (Å²) < 4.78 is 18.5. The van der Waals surface area contributed by atoms with Gasteiger partial charge in [0.1, 0.15) is 11.6 Å². The zero-order chi connectivity index (χ0) is 15.7. The van der Waals surface area contributed by atoms with Crippen LogP contribution < -0.4 is 10.5 Å². The summed E-state index contributed by atoms with van der Waals surface area (Å²) >= 11 is 5.99. The van der Waals surface area contributed by atoms with E-state index in [1.807, 2.05) is 24.3 Å². The molecule has 22 heavy (non-hydrogen) atoms. The number of nitrogens with zero attached hydrogens (tertiary/aromatic N) is 2. The number of fused-ring (bicyclic) bond motifs is 1. The molecule has 0 fully saturated rings. The van der Waals surface area contributed by atoms with E-state index >= 15 is 0 Å². The summed E-state index contributed by atoms with van der Waals surface area (Å²) in [4.78, 5) is 0. The largest absolute Gasteiger partial charge is 0.497 e. The molecule has 3 aromatic rings. The van der Waals surface area contributed by atoms with Crippen LogP contribution in [0.5, 0.6) is 5.75 Å². The Morgan fingerprint density at radius 3 is 2.50 bits per heavy atom. The zero-order valence-electron chi connectivity index (χ0n) is 11.8. The second kappa shape index (κ2) is 5.87. The first-order valence-electron chi connectivity index (χ1n) is 6.61. The van der Waals surface area contributed by atoms with E-state index in [9.17, 15) is 4.39 Å². The number of hydrogen-bond donors (Lipinski definition) is 1. The minimum absolute atomic E-state index is 0.153. The molecule has 0 amide bonds. The molecule has 0 aliphatic rings. The molecule has 1 heterocycles. The van der Waals surface area contributed by atoms with Crippen molar-refractivity contribution in [2.24, 2.45) is 5.73 Å². The molecule has 4 nitrogen and oxygen atoms in total. The van der Waals surface area contributed by atoms with Crippen LogP contribution in [0, 0.1) is 5.82 Å². The predicted molar refractivity (Wildman–Crippen MR) is 83.5 cm³/mol. The van der Waals surface area contributed by atoms with Gasteiger partial charge < -0.3 is 10.5 Å². The summed E-state index contributed by atoms with van der Waals surface area (Å²) in [5, 5.41) is 9.30. The second-order valence-electron chi connectivity index (χ2n) is 4.82. The predicted octanol–water partition coefficient (Wildman–Crippen LogP) is 3.48. The Balaban J connectivity index is 2.10. The van der Waals surface area contributed by atoms with Gasteiger partial charge in [-0.25, -0.2) is 4.39 Å². The van der Waals surface area contributed by atoms with E-state index in [2.05, 4.69) is 10.2 Å². The highest BCUT2D eigenvalue weighted by Gasteiger charge is 2.17. The lowest BCUT2D eigenvalue weighted by Crippen LogP contribution is -2.15. The Bertz CT molecular complexity index is 823. The molecule has 0 radical (unpaired) electrons. The Morgan fingerprint density at radius 1 is 1.09 bits per heavy atom. The molecule has 2 N–H and O–H groups in total. The maximum absolute atomic E-state index is 13.4. The fourth-order valence-corrected chi connectivity index (χ4v) is 2.51. The van der Waals surface area contributed by atoms with Crippen molar-refractivity contribution < 1.29 is 9.13 Å². The summed E-state index contributed by atoms with van der Waals surface area (Å²) in [6.07, 6.45) is 0. The minimum Gasteiger partial charge on any atom is -0.497 e. The van der Waals surface area contributed by atoms with Gasteiger partial charge in [0.25, 0.3) is 0 Å². The minimum atomic E-state index is -0.497. The molecule has 0 bridgehead atoms. The van der Waals surface area contributed by atoms with Crippen LogP contribution in [0.4, 0.5) is 4.39 Å². The Morgan fingerprint density at radius 2 is 1.82 bits per heavy atom. The van der Waals surface area contributed by atoms with Gasteiger partial charge in [0.2, 0.25) is 0 Å². The van der Waals surface area contributed by atoms with Gasteiger partial charge in [0.15, 0.2) is 5.15 Å². The van der Waals surface area contributed by atoms with Crippen molar-refractivity contribution in [3.63, 3.8) is 0 Å². The summed E-state index contributed by atoms with van der Waals surface area (Å²) in [6, 6.07) is 11.2. The second-order valence-corrected chi connectivity index (χ2v) is 5.17. The van der Waals surface area contributed by atoms with E-state index in [0.717, 1.165) is 11.3 Å². The lowest BCUT2D eigenvalue weighted by Gasteiger charge is -2.14. The number of halogens is 2. The standard InChI is InChI=1S/C16H13ClFN3O/c1-22-11-5-2-9(3-6-11)14(19)15-12-7-4-10(18)8-13(12)16(17)21-20-15/h2-8,14H,19H2,1H3. The molecular formula is C16H13ClFN3O. The smallest absolute Gasteiger partial charge is 0.159 e. The van der Waals surface area contributed by atoms with Gasteiger partial charge in [-0.3, -0.25) is 0 Å². The summed E-state index contributed by atoms with van der Waals surface area (Å²) in [7, 11) is 1.60. The molecule has 2 aromatic carbocycles. The van der Waals surface area contributed by atoms with E-state index in [-0.39, 0.29) is 11.0 Å². The van der Waals surface area contributed by atoms with Crippen LogP contribution in [0.15, 0.2) is 42.5 Å². The zero-order valence-corrected chi connectivity index (χ0v) is 12.5. The van der Waals surface area contributed by atoms with Crippen molar-refractivity contribution in [2.75, 3.05) is 7.11 Å². The van der Waals surface area contributed by atoms with Gasteiger partial charge in [-0.1, -0.05) is 23.7 Å². The molecule has 112 valence electrons. The molecule has 0 spiro atoms. The van der Waals surface area contributed by atoms with Crippen molar-refractivity contribution in [2.45, 2.75) is 6.04 Å². The quantitative estimate of drug-likeness (QED) is 0.803. The van der Waals surface area contributed by atoms with Crippen molar-refractivity contribution >= 4 is 22.4 Å². The van der Waals surface area contributed by atoms with Gasteiger partial charge in [0, 0.05) is 10.8 Å². The van der Waals surface area contributed by atoms with Crippen LogP contribution in [0.3, 0.4) is 0 Å². The first kappa shape index (κ1) is 14.7. The molecule has 0 aliphatic carbocycles. The highest BCUT2D eigenvalue weighted by molar-refractivity contribution is 6.34. The normalized spacial score (nSPS) is 12.4. The molecule has 1 unspecified atom stereocenters. The van der Waals surface area contributed by atoms with Crippen molar-refractivity contribution in [3.8, 4) is 5.75 Å². The van der Waals surface area contributed by atoms with E-state index < -0.39 is 6.04 Å².